The monoisotopic (exact) mass is 464 g/mol. The molecule has 0 aromatic carbocycles. The average molecular weight is 464 g/mol. The molecule has 0 aromatic rings. The first-order valence-electron chi connectivity index (χ1n) is 10.2. The summed E-state index contributed by atoms with van der Waals surface area (Å²) in [5, 5.41) is 13.1. The number of hydrogen-bond acceptors (Lipinski definition) is 3. The van der Waals surface area contributed by atoms with Crippen LogP contribution in [-0.2, 0) is 0 Å². The van der Waals surface area contributed by atoms with Crippen LogP contribution in [0.3, 0.4) is 0 Å². The van der Waals surface area contributed by atoms with Gasteiger partial charge in [-0.1, -0.05) is 12.8 Å². The van der Waals surface area contributed by atoms with Crippen LogP contribution in [0.15, 0.2) is 4.99 Å². The van der Waals surface area contributed by atoms with Crippen LogP contribution in [0.25, 0.3) is 0 Å². The van der Waals surface area contributed by atoms with Crippen molar-refractivity contribution in [1.29, 1.82) is 0 Å². The summed E-state index contributed by atoms with van der Waals surface area (Å²) in [6, 6.07) is 0. The van der Waals surface area contributed by atoms with Crippen LogP contribution in [0.4, 0.5) is 0 Å². The molecule has 0 amide bonds. The predicted molar refractivity (Wildman–Crippen MR) is 115 cm³/mol. The summed E-state index contributed by atoms with van der Waals surface area (Å²) in [5.41, 5.74) is 0. The van der Waals surface area contributed by atoms with Gasteiger partial charge in [0.1, 0.15) is 0 Å². The van der Waals surface area contributed by atoms with E-state index in [9.17, 15) is 5.11 Å². The van der Waals surface area contributed by atoms with E-state index < -0.39 is 0 Å². The van der Waals surface area contributed by atoms with Crippen molar-refractivity contribution in [1.82, 2.24) is 15.1 Å². The zero-order valence-electron chi connectivity index (χ0n) is 15.8. The summed E-state index contributed by atoms with van der Waals surface area (Å²) in [6.45, 7) is 9.64. The molecule has 1 aliphatic carbocycles. The van der Waals surface area contributed by atoms with Gasteiger partial charge in [0, 0.05) is 39.3 Å². The SMILES string of the molecule is CCNC(=NCCCN1CCC(O)CC1)N1CC2CCCCC2C1.I. The van der Waals surface area contributed by atoms with Crippen molar-refractivity contribution in [2.45, 2.75) is 58.0 Å². The molecule has 146 valence electrons. The largest absolute Gasteiger partial charge is 0.393 e. The van der Waals surface area contributed by atoms with Gasteiger partial charge in [-0.05, 0) is 57.4 Å². The van der Waals surface area contributed by atoms with Gasteiger partial charge in [0.2, 0.25) is 0 Å². The minimum absolute atomic E-state index is 0. The zero-order chi connectivity index (χ0) is 16.8. The molecule has 3 rings (SSSR count). The maximum absolute atomic E-state index is 9.58. The van der Waals surface area contributed by atoms with Crippen molar-refractivity contribution in [3.8, 4) is 0 Å². The van der Waals surface area contributed by atoms with E-state index in [-0.39, 0.29) is 30.1 Å². The van der Waals surface area contributed by atoms with Gasteiger partial charge in [-0.2, -0.15) is 0 Å². The van der Waals surface area contributed by atoms with Crippen LogP contribution >= 0.6 is 24.0 Å². The quantitative estimate of drug-likeness (QED) is 0.284. The Hall–Kier alpha value is -0.0800. The number of guanidine groups is 1. The Morgan fingerprint density at radius 2 is 1.72 bits per heavy atom. The van der Waals surface area contributed by atoms with Crippen LogP contribution in [0.1, 0.15) is 51.9 Å². The number of aliphatic hydroxyl groups is 1. The Kier molecular flexibility index (Phi) is 9.27. The molecule has 3 fully saturated rings. The lowest BCUT2D eigenvalue weighted by Gasteiger charge is -2.29. The van der Waals surface area contributed by atoms with E-state index in [1.54, 1.807) is 0 Å². The summed E-state index contributed by atoms with van der Waals surface area (Å²) in [5.74, 6) is 2.95. The number of fused-ring (bicyclic) bond motifs is 1. The van der Waals surface area contributed by atoms with Gasteiger partial charge in [0.25, 0.3) is 0 Å². The normalized spacial score (nSPS) is 28.6. The molecule has 2 unspecified atom stereocenters. The van der Waals surface area contributed by atoms with Crippen LogP contribution in [0.2, 0.25) is 0 Å². The summed E-state index contributed by atoms with van der Waals surface area (Å²) in [7, 11) is 0. The number of aliphatic imine (C=N–C) groups is 1. The minimum atomic E-state index is -0.0710. The van der Waals surface area contributed by atoms with Crippen LogP contribution in [0, 0.1) is 11.8 Å². The fourth-order valence-corrected chi connectivity index (χ4v) is 4.63. The fourth-order valence-electron chi connectivity index (χ4n) is 4.63. The zero-order valence-corrected chi connectivity index (χ0v) is 18.2. The van der Waals surface area contributed by atoms with Crippen molar-refractivity contribution in [2.24, 2.45) is 16.8 Å². The number of aliphatic hydroxyl groups excluding tert-OH is 1. The number of piperidine rings is 1. The van der Waals surface area contributed by atoms with Crippen molar-refractivity contribution in [2.75, 3.05) is 45.8 Å². The molecule has 25 heavy (non-hydrogen) atoms. The third kappa shape index (κ3) is 6.24. The number of halogens is 1. The third-order valence-corrected chi connectivity index (χ3v) is 6.06. The lowest BCUT2D eigenvalue weighted by molar-refractivity contribution is 0.0824. The van der Waals surface area contributed by atoms with E-state index in [2.05, 4.69) is 22.0 Å². The second-order valence-electron chi connectivity index (χ2n) is 7.87. The summed E-state index contributed by atoms with van der Waals surface area (Å²) >= 11 is 0. The smallest absolute Gasteiger partial charge is 0.193 e. The highest BCUT2D eigenvalue weighted by atomic mass is 127. The molecular weight excluding hydrogens is 427 g/mol. The Bertz CT molecular complexity index is 398. The van der Waals surface area contributed by atoms with Crippen LogP contribution in [0.5, 0.6) is 0 Å². The van der Waals surface area contributed by atoms with Gasteiger partial charge in [-0.3, -0.25) is 4.99 Å². The first kappa shape index (κ1) is 21.2. The third-order valence-electron chi connectivity index (χ3n) is 6.06. The summed E-state index contributed by atoms with van der Waals surface area (Å²) in [6.07, 6.45) is 8.60. The van der Waals surface area contributed by atoms with Gasteiger partial charge in [-0.15, -0.1) is 24.0 Å². The van der Waals surface area contributed by atoms with Crippen molar-refractivity contribution >= 4 is 29.9 Å². The highest BCUT2D eigenvalue weighted by molar-refractivity contribution is 14.0. The standard InChI is InChI=1S/C19H36N4O.HI/c1-2-20-19(23-14-16-6-3-4-7-17(16)15-23)21-10-5-11-22-12-8-18(24)9-13-22;/h16-18,24H,2-15H2,1H3,(H,20,21);1H. The fraction of sp³-hybridized carbons (Fsp3) is 0.947. The maximum atomic E-state index is 9.58. The van der Waals surface area contributed by atoms with Gasteiger partial charge in [-0.25, -0.2) is 0 Å². The molecule has 2 heterocycles. The molecule has 1 saturated carbocycles. The van der Waals surface area contributed by atoms with E-state index in [0.717, 1.165) is 69.8 Å². The Balaban J connectivity index is 0.00000225. The maximum Gasteiger partial charge on any atom is 0.193 e. The lowest BCUT2D eigenvalue weighted by Crippen LogP contribution is -2.40. The number of hydrogen-bond donors (Lipinski definition) is 2. The Labute approximate surface area is 170 Å². The molecule has 2 aliphatic heterocycles. The molecule has 2 N–H and O–H groups in total. The summed E-state index contributed by atoms with van der Waals surface area (Å²) in [4.78, 5) is 9.90. The van der Waals surface area contributed by atoms with E-state index in [1.165, 1.54) is 38.8 Å². The van der Waals surface area contributed by atoms with Crippen LogP contribution in [-0.4, -0.2) is 72.8 Å². The van der Waals surface area contributed by atoms with E-state index in [4.69, 9.17) is 4.99 Å². The minimum Gasteiger partial charge on any atom is -0.393 e. The topological polar surface area (TPSA) is 51.1 Å². The lowest BCUT2D eigenvalue weighted by atomic mass is 9.82. The highest BCUT2D eigenvalue weighted by Crippen LogP contribution is 2.35. The number of likely N-dealkylation sites (tertiary alicyclic amines) is 2. The molecule has 3 aliphatic rings. The molecule has 6 heteroatoms. The van der Waals surface area contributed by atoms with Crippen molar-refractivity contribution < 1.29 is 5.11 Å². The Morgan fingerprint density at radius 1 is 1.08 bits per heavy atom. The predicted octanol–water partition coefficient (Wildman–Crippen LogP) is 2.54. The Morgan fingerprint density at radius 3 is 2.32 bits per heavy atom. The highest BCUT2D eigenvalue weighted by Gasteiger charge is 2.35. The molecule has 0 bridgehead atoms. The van der Waals surface area contributed by atoms with Gasteiger partial charge in [0.15, 0.2) is 5.96 Å². The first-order valence-corrected chi connectivity index (χ1v) is 10.2. The molecule has 5 nitrogen and oxygen atoms in total. The molecule has 2 atom stereocenters. The van der Waals surface area contributed by atoms with E-state index in [0.29, 0.717) is 0 Å². The van der Waals surface area contributed by atoms with E-state index >= 15 is 0 Å². The van der Waals surface area contributed by atoms with Crippen molar-refractivity contribution in [3.05, 3.63) is 0 Å². The van der Waals surface area contributed by atoms with Gasteiger partial charge < -0.3 is 20.2 Å². The number of nitrogens with zero attached hydrogens (tertiary/aromatic N) is 3. The second kappa shape index (κ2) is 10.9. The molecule has 0 aromatic heterocycles. The van der Waals surface area contributed by atoms with Crippen molar-refractivity contribution in [3.63, 3.8) is 0 Å². The average Bonchev–Trinajstić information content (AvgIpc) is 3.03. The molecular formula is C19H37IN4O. The number of rotatable bonds is 5. The molecule has 0 radical (unpaired) electrons. The number of nitrogens with one attached hydrogen (secondary N) is 1. The first-order chi connectivity index (χ1) is 11.8. The van der Waals surface area contributed by atoms with E-state index in [1.807, 2.05) is 0 Å². The van der Waals surface area contributed by atoms with Crippen LogP contribution < -0.4 is 5.32 Å². The van der Waals surface area contributed by atoms with Gasteiger partial charge >= 0.3 is 0 Å². The van der Waals surface area contributed by atoms with Gasteiger partial charge in [0.05, 0.1) is 6.10 Å². The second-order valence-corrected chi connectivity index (χ2v) is 7.87. The molecule has 0 spiro atoms. The summed E-state index contributed by atoms with van der Waals surface area (Å²) < 4.78 is 0. The molecule has 2 saturated heterocycles.